The number of nitrogens with zero attached hydrogens (tertiary/aromatic N) is 3. The molecule has 6 nitrogen and oxygen atoms in total. The van der Waals surface area contributed by atoms with Crippen molar-refractivity contribution in [3.8, 4) is 67.5 Å². The zero-order valence-electron chi connectivity index (χ0n) is 39.4. The zero-order valence-corrected chi connectivity index (χ0v) is 39.4. The molecule has 4 heterocycles. The highest BCUT2D eigenvalue weighted by Crippen LogP contribution is 2.50. The van der Waals surface area contributed by atoms with Crippen molar-refractivity contribution in [2.45, 2.75) is 41.5 Å². The minimum absolute atomic E-state index is 0.597. The number of hydrogen-bond donors (Lipinski definition) is 3. The van der Waals surface area contributed by atoms with Crippen LogP contribution in [0.5, 0.6) is 0 Å². The van der Waals surface area contributed by atoms with E-state index in [0.717, 1.165) is 83.2 Å². The van der Waals surface area contributed by atoms with Crippen LogP contribution in [0, 0.1) is 41.5 Å². The van der Waals surface area contributed by atoms with Gasteiger partial charge in [-0.2, -0.15) is 0 Å². The van der Waals surface area contributed by atoms with Gasteiger partial charge in [-0.15, -0.1) is 0 Å². The lowest BCUT2D eigenvalue weighted by Gasteiger charge is -2.21. The molecule has 13 aromatic rings. The Morgan fingerprint density at radius 3 is 1.00 bits per heavy atom. The van der Waals surface area contributed by atoms with E-state index in [1.54, 1.807) is 0 Å². The van der Waals surface area contributed by atoms with Crippen LogP contribution >= 0.6 is 0 Å². The molecule has 0 saturated heterocycles. The third-order valence-electron chi connectivity index (χ3n) is 14.0. The molecule has 69 heavy (non-hydrogen) atoms. The molecule has 6 heteroatoms. The Bertz CT molecular complexity index is 4040. The molecule has 9 aromatic carbocycles. The molecule has 0 aliphatic heterocycles. The molecule has 0 bridgehead atoms. The minimum atomic E-state index is 0.597. The SMILES string of the molecule is Cc1ccc2[nH]c3c(-c4cc(-c5nc(-c6ccccc6)nc(-c6ccccc6)n5)cc(-c5cc(C)cc6c5[nH]c5ccc(C)cc56)c4-c4cc(C)cc5c4[nH]c4ccc(C)cc45)cc(C)cc3c2c1. The number of rotatable bonds is 6. The van der Waals surface area contributed by atoms with Crippen LogP contribution in [0.1, 0.15) is 33.4 Å². The lowest BCUT2D eigenvalue weighted by atomic mass is 9.83. The van der Waals surface area contributed by atoms with Gasteiger partial charge in [-0.1, -0.05) is 95.6 Å². The summed E-state index contributed by atoms with van der Waals surface area (Å²) >= 11 is 0. The Morgan fingerprint density at radius 1 is 0.275 bits per heavy atom. The van der Waals surface area contributed by atoms with Crippen molar-refractivity contribution in [3.05, 3.63) is 197 Å². The van der Waals surface area contributed by atoms with Gasteiger partial charge >= 0.3 is 0 Å². The quantitative estimate of drug-likeness (QED) is 0.155. The van der Waals surface area contributed by atoms with Crippen molar-refractivity contribution in [1.29, 1.82) is 0 Å². The van der Waals surface area contributed by atoms with Crippen molar-refractivity contribution in [2.75, 3.05) is 0 Å². The highest BCUT2D eigenvalue weighted by atomic mass is 15.0. The van der Waals surface area contributed by atoms with Crippen LogP contribution in [0.2, 0.25) is 0 Å². The summed E-state index contributed by atoms with van der Waals surface area (Å²) in [5.41, 5.74) is 23.2. The van der Waals surface area contributed by atoms with Crippen LogP contribution in [0.15, 0.2) is 164 Å². The van der Waals surface area contributed by atoms with E-state index in [4.69, 9.17) is 15.0 Å². The Kier molecular flexibility index (Phi) is 9.12. The van der Waals surface area contributed by atoms with Gasteiger partial charge in [0.05, 0.1) is 16.6 Å². The van der Waals surface area contributed by atoms with Gasteiger partial charge in [-0.05, 0) is 160 Å². The molecule has 0 fully saturated rings. The van der Waals surface area contributed by atoms with Crippen LogP contribution in [0.3, 0.4) is 0 Å². The summed E-state index contributed by atoms with van der Waals surface area (Å²) < 4.78 is 0. The van der Waals surface area contributed by atoms with Crippen molar-refractivity contribution in [2.24, 2.45) is 0 Å². The predicted molar refractivity (Wildman–Crippen MR) is 289 cm³/mol. The van der Waals surface area contributed by atoms with Crippen LogP contribution in [0.4, 0.5) is 0 Å². The summed E-state index contributed by atoms with van der Waals surface area (Å²) in [7, 11) is 0. The number of benzene rings is 9. The summed E-state index contributed by atoms with van der Waals surface area (Å²) in [4.78, 5) is 27.7. The molecule has 4 aromatic heterocycles. The molecular formula is C63H48N6. The monoisotopic (exact) mass is 888 g/mol. The summed E-state index contributed by atoms with van der Waals surface area (Å²) in [5, 5.41) is 7.23. The molecule has 0 saturated carbocycles. The lowest BCUT2D eigenvalue weighted by molar-refractivity contribution is 1.07. The first-order valence-corrected chi connectivity index (χ1v) is 23.7. The highest BCUT2D eigenvalue weighted by Gasteiger charge is 2.26. The van der Waals surface area contributed by atoms with Gasteiger partial charge in [0.2, 0.25) is 0 Å². The summed E-state index contributed by atoms with van der Waals surface area (Å²) in [6.07, 6.45) is 0. The second kappa shape index (κ2) is 15.5. The number of nitrogens with one attached hydrogen (secondary N) is 3. The Labute approximate surface area is 399 Å². The summed E-state index contributed by atoms with van der Waals surface area (Å²) in [6.45, 7) is 13.2. The van der Waals surface area contributed by atoms with E-state index in [9.17, 15) is 0 Å². The van der Waals surface area contributed by atoms with Gasteiger partial charge in [0, 0.05) is 82.2 Å². The van der Waals surface area contributed by atoms with Crippen LogP contribution in [-0.2, 0) is 0 Å². The molecule has 0 aliphatic carbocycles. The van der Waals surface area contributed by atoms with Crippen molar-refractivity contribution in [3.63, 3.8) is 0 Å². The second-order valence-electron chi connectivity index (χ2n) is 19.2. The van der Waals surface area contributed by atoms with Gasteiger partial charge in [-0.25, -0.2) is 15.0 Å². The van der Waals surface area contributed by atoms with E-state index >= 15 is 0 Å². The number of H-pyrrole nitrogens is 3. The fourth-order valence-corrected chi connectivity index (χ4v) is 10.8. The van der Waals surface area contributed by atoms with E-state index in [0.29, 0.717) is 17.5 Å². The first-order valence-electron chi connectivity index (χ1n) is 23.7. The van der Waals surface area contributed by atoms with Crippen molar-refractivity contribution in [1.82, 2.24) is 29.9 Å². The molecule has 0 spiro atoms. The van der Waals surface area contributed by atoms with Crippen LogP contribution in [0.25, 0.3) is 133 Å². The van der Waals surface area contributed by atoms with Crippen molar-refractivity contribution < 1.29 is 0 Å². The standard InChI is InChI=1S/C63H48N6/c1-34-17-20-54-43(23-34)48-26-37(4)29-51(58(48)64-54)46-32-42(63-68-61(40-13-9-7-10-14-40)67-62(69-63)41-15-11-8-12-16-41)33-47(52-30-38(5)27-49-44-24-35(2)18-21-55(44)65-59(49)52)57(46)53-31-39(6)28-50-45-25-36(3)19-22-56(45)66-60(50)53/h7-33,64-66H,1-6H3. The van der Waals surface area contributed by atoms with E-state index in [2.05, 4.69) is 184 Å². The normalized spacial score (nSPS) is 11.9. The first-order chi connectivity index (χ1) is 33.6. The summed E-state index contributed by atoms with van der Waals surface area (Å²) in [6, 6.07) is 59.4. The molecular weight excluding hydrogens is 841 g/mol. The smallest absolute Gasteiger partial charge is 0.164 e. The van der Waals surface area contributed by atoms with Crippen LogP contribution < -0.4 is 0 Å². The average molecular weight is 889 g/mol. The maximum atomic E-state index is 5.38. The molecule has 3 N–H and O–H groups in total. The third kappa shape index (κ3) is 6.74. The largest absolute Gasteiger partial charge is 0.354 e. The fourth-order valence-electron chi connectivity index (χ4n) is 10.8. The lowest BCUT2D eigenvalue weighted by Crippen LogP contribution is -2.02. The second-order valence-corrected chi connectivity index (χ2v) is 19.2. The average Bonchev–Trinajstić information content (AvgIpc) is 4.04. The maximum absolute atomic E-state index is 5.38. The molecule has 13 rings (SSSR count). The van der Waals surface area contributed by atoms with Crippen molar-refractivity contribution >= 4 is 65.4 Å². The molecule has 0 atom stereocenters. The maximum Gasteiger partial charge on any atom is 0.164 e. The first kappa shape index (κ1) is 40.6. The Morgan fingerprint density at radius 2 is 0.609 bits per heavy atom. The molecule has 0 unspecified atom stereocenters. The van der Waals surface area contributed by atoms with E-state index in [1.807, 2.05) is 36.4 Å². The Balaban J connectivity index is 1.24. The van der Waals surface area contributed by atoms with Gasteiger partial charge < -0.3 is 15.0 Å². The molecule has 0 aliphatic rings. The van der Waals surface area contributed by atoms with Gasteiger partial charge in [-0.3, -0.25) is 0 Å². The predicted octanol–water partition coefficient (Wildman–Crippen LogP) is 16.6. The fraction of sp³-hybridized carbons (Fsp3) is 0.0952. The van der Waals surface area contributed by atoms with E-state index in [1.165, 1.54) is 65.7 Å². The number of aromatic amines is 3. The number of fused-ring (bicyclic) bond motifs is 9. The molecule has 0 radical (unpaired) electrons. The molecule has 330 valence electrons. The minimum Gasteiger partial charge on any atom is -0.354 e. The molecule has 0 amide bonds. The van der Waals surface area contributed by atoms with Crippen LogP contribution in [-0.4, -0.2) is 29.9 Å². The Hall–Kier alpha value is -8.61. The third-order valence-corrected chi connectivity index (χ3v) is 14.0. The number of aromatic nitrogens is 6. The zero-order chi connectivity index (χ0) is 46.7. The number of aryl methyl sites for hydroxylation is 6. The van der Waals surface area contributed by atoms with E-state index < -0.39 is 0 Å². The van der Waals surface area contributed by atoms with Gasteiger partial charge in [0.25, 0.3) is 0 Å². The van der Waals surface area contributed by atoms with Gasteiger partial charge in [0.15, 0.2) is 17.5 Å². The van der Waals surface area contributed by atoms with Gasteiger partial charge in [0.1, 0.15) is 0 Å². The summed E-state index contributed by atoms with van der Waals surface area (Å²) in [5.74, 6) is 1.83. The highest BCUT2D eigenvalue weighted by molar-refractivity contribution is 6.20. The topological polar surface area (TPSA) is 86.0 Å². The number of hydrogen-bond acceptors (Lipinski definition) is 3. The van der Waals surface area contributed by atoms with E-state index in [-0.39, 0.29) is 0 Å².